The van der Waals surface area contributed by atoms with Gasteiger partial charge in [-0.2, -0.15) is 15.2 Å². The number of hydrogen-bond donors (Lipinski definition) is 1. The summed E-state index contributed by atoms with van der Waals surface area (Å²) in [6.07, 6.45) is 2.33. The largest absolute Gasteiger partial charge is 0.465 e. The molecule has 2 atom stereocenters. The number of carbonyl (C=O) groups is 2. The molecule has 2 aromatic carbocycles. The van der Waals surface area contributed by atoms with Crippen LogP contribution in [0.3, 0.4) is 0 Å². The Morgan fingerprint density at radius 3 is 2.67 bits per heavy atom. The molecule has 1 aromatic heterocycles. The van der Waals surface area contributed by atoms with E-state index in [9.17, 15) is 20.0 Å². The van der Waals surface area contributed by atoms with E-state index in [1.807, 2.05) is 41.3 Å². The number of fused-ring (bicyclic) bond motifs is 2. The lowest BCUT2D eigenvalue weighted by atomic mass is 10.1. The number of benzene rings is 2. The minimum absolute atomic E-state index is 0.0575. The number of aromatic nitrogens is 2. The fourth-order valence-electron chi connectivity index (χ4n) is 6.50. The van der Waals surface area contributed by atoms with E-state index < -0.39 is 12.1 Å². The van der Waals surface area contributed by atoms with E-state index in [4.69, 9.17) is 26.3 Å². The SMILES string of the molecule is CN1CCCC1COc1nc2c(c(N3CCN(C(=O)O)C(CC#N)C3)n1)CCCN(c1cccc3cccc(Cl)c13)C2=O. The molecule has 4 heterocycles. The summed E-state index contributed by atoms with van der Waals surface area (Å²) in [4.78, 5) is 43.1. The second-order valence-electron chi connectivity index (χ2n) is 11.4. The van der Waals surface area contributed by atoms with Gasteiger partial charge < -0.3 is 29.4 Å². The molecule has 0 bridgehead atoms. The first-order chi connectivity index (χ1) is 20.9. The van der Waals surface area contributed by atoms with Crippen LogP contribution in [0.25, 0.3) is 10.8 Å². The molecular weight excluding hydrogens is 570 g/mol. The maximum Gasteiger partial charge on any atom is 0.407 e. The first-order valence-corrected chi connectivity index (χ1v) is 15.1. The van der Waals surface area contributed by atoms with Gasteiger partial charge in [0.2, 0.25) is 0 Å². The maximum atomic E-state index is 14.4. The van der Waals surface area contributed by atoms with Crippen molar-refractivity contribution in [3.63, 3.8) is 0 Å². The molecule has 1 N–H and O–H groups in total. The van der Waals surface area contributed by atoms with Crippen LogP contribution >= 0.6 is 11.6 Å². The van der Waals surface area contributed by atoms with Crippen molar-refractivity contribution in [2.75, 3.05) is 56.2 Å². The zero-order valence-electron chi connectivity index (χ0n) is 24.1. The number of ether oxygens (including phenoxy) is 1. The predicted octanol–water partition coefficient (Wildman–Crippen LogP) is 4.43. The summed E-state index contributed by atoms with van der Waals surface area (Å²) in [6, 6.07) is 13.4. The number of anilines is 2. The minimum atomic E-state index is -1.05. The number of hydrogen-bond acceptors (Lipinski definition) is 8. The van der Waals surface area contributed by atoms with Crippen molar-refractivity contribution in [2.24, 2.45) is 0 Å². The number of carbonyl (C=O) groups excluding carboxylic acids is 1. The van der Waals surface area contributed by atoms with Crippen molar-refractivity contribution in [3.05, 3.63) is 52.7 Å². The molecule has 224 valence electrons. The summed E-state index contributed by atoms with van der Waals surface area (Å²) in [7, 11) is 2.07. The highest BCUT2D eigenvalue weighted by atomic mass is 35.5. The average molecular weight is 604 g/mol. The van der Waals surface area contributed by atoms with Gasteiger partial charge in [-0.1, -0.05) is 35.9 Å². The van der Waals surface area contributed by atoms with Gasteiger partial charge in [-0.25, -0.2) is 4.79 Å². The highest BCUT2D eigenvalue weighted by Gasteiger charge is 2.36. The minimum Gasteiger partial charge on any atom is -0.465 e. The highest BCUT2D eigenvalue weighted by Crippen LogP contribution is 2.37. The summed E-state index contributed by atoms with van der Waals surface area (Å²) in [5, 5.41) is 21.4. The van der Waals surface area contributed by atoms with Crippen LogP contribution in [0.2, 0.25) is 5.02 Å². The lowest BCUT2D eigenvalue weighted by Gasteiger charge is -2.40. The van der Waals surface area contributed by atoms with Gasteiger partial charge in [0, 0.05) is 43.2 Å². The van der Waals surface area contributed by atoms with E-state index in [2.05, 4.69) is 18.0 Å². The first kappa shape index (κ1) is 29.0. The van der Waals surface area contributed by atoms with E-state index in [-0.39, 0.29) is 43.2 Å². The van der Waals surface area contributed by atoms with Gasteiger partial charge in [0.25, 0.3) is 5.91 Å². The second-order valence-corrected chi connectivity index (χ2v) is 11.8. The Bertz CT molecular complexity index is 1590. The van der Waals surface area contributed by atoms with Gasteiger partial charge in [0.1, 0.15) is 18.1 Å². The van der Waals surface area contributed by atoms with Gasteiger partial charge in [-0.15, -0.1) is 0 Å². The quantitative estimate of drug-likeness (QED) is 0.435. The summed E-state index contributed by atoms with van der Waals surface area (Å²) < 4.78 is 6.17. The van der Waals surface area contributed by atoms with Crippen LogP contribution in [0.1, 0.15) is 41.7 Å². The molecule has 3 aliphatic rings. The number of carboxylic acid groups (broad SMARTS) is 1. The van der Waals surface area contributed by atoms with E-state index >= 15 is 0 Å². The molecule has 2 saturated heterocycles. The fourth-order valence-corrected chi connectivity index (χ4v) is 6.78. The number of piperazine rings is 1. The molecular formula is C31H34ClN7O4. The number of halogens is 1. The lowest BCUT2D eigenvalue weighted by Crippen LogP contribution is -2.55. The van der Waals surface area contributed by atoms with Crippen molar-refractivity contribution in [1.29, 1.82) is 5.26 Å². The molecule has 2 unspecified atom stereocenters. The van der Waals surface area contributed by atoms with Crippen LogP contribution in [0.5, 0.6) is 6.01 Å². The summed E-state index contributed by atoms with van der Waals surface area (Å²) >= 11 is 6.65. The topological polar surface area (TPSA) is 126 Å². The van der Waals surface area contributed by atoms with Crippen molar-refractivity contribution < 1.29 is 19.4 Å². The Hall–Kier alpha value is -4.14. The van der Waals surface area contributed by atoms with Gasteiger partial charge >= 0.3 is 12.1 Å². The Balaban J connectivity index is 1.41. The number of rotatable bonds is 6. The molecule has 6 rings (SSSR count). The van der Waals surface area contributed by atoms with Crippen LogP contribution in [0.15, 0.2) is 36.4 Å². The Labute approximate surface area is 255 Å². The normalized spacial score (nSPS) is 21.0. The van der Waals surface area contributed by atoms with Crippen LogP contribution in [0, 0.1) is 11.3 Å². The van der Waals surface area contributed by atoms with Crippen molar-refractivity contribution in [1.82, 2.24) is 19.8 Å². The molecule has 0 radical (unpaired) electrons. The van der Waals surface area contributed by atoms with Crippen molar-refractivity contribution in [3.8, 4) is 12.1 Å². The molecule has 3 aliphatic heterocycles. The van der Waals surface area contributed by atoms with Gasteiger partial charge in [0.05, 0.1) is 29.2 Å². The van der Waals surface area contributed by atoms with Crippen LogP contribution in [-0.2, 0) is 6.42 Å². The van der Waals surface area contributed by atoms with Gasteiger partial charge in [-0.3, -0.25) is 4.79 Å². The predicted molar refractivity (Wildman–Crippen MR) is 163 cm³/mol. The third kappa shape index (κ3) is 5.65. The summed E-state index contributed by atoms with van der Waals surface area (Å²) in [6.45, 7) is 2.74. The van der Waals surface area contributed by atoms with Crippen LogP contribution < -0.4 is 14.5 Å². The molecule has 0 spiro atoms. The van der Waals surface area contributed by atoms with Crippen LogP contribution in [-0.4, -0.2) is 95.3 Å². The Morgan fingerprint density at radius 2 is 1.93 bits per heavy atom. The molecule has 2 amide bonds. The average Bonchev–Trinajstić information content (AvgIpc) is 3.34. The number of nitriles is 1. The van der Waals surface area contributed by atoms with Crippen molar-refractivity contribution >= 4 is 45.9 Å². The third-order valence-corrected chi connectivity index (χ3v) is 9.09. The molecule has 12 heteroatoms. The van der Waals surface area contributed by atoms with E-state index in [1.165, 1.54) is 4.90 Å². The summed E-state index contributed by atoms with van der Waals surface area (Å²) in [5.41, 5.74) is 1.71. The monoisotopic (exact) mass is 603 g/mol. The third-order valence-electron chi connectivity index (χ3n) is 8.77. The molecule has 2 fully saturated rings. The molecule has 0 aliphatic carbocycles. The second kappa shape index (κ2) is 12.2. The number of likely N-dealkylation sites (N-methyl/N-ethyl adjacent to an activating group) is 1. The smallest absolute Gasteiger partial charge is 0.407 e. The lowest BCUT2D eigenvalue weighted by molar-refractivity contribution is 0.0982. The molecule has 3 aromatic rings. The fraction of sp³-hybridized carbons (Fsp3) is 0.452. The van der Waals surface area contributed by atoms with Crippen LogP contribution in [0.4, 0.5) is 16.3 Å². The zero-order valence-corrected chi connectivity index (χ0v) is 24.8. The van der Waals surface area contributed by atoms with E-state index in [0.717, 1.165) is 35.8 Å². The number of nitrogens with zero attached hydrogens (tertiary/aromatic N) is 7. The molecule has 11 nitrogen and oxygen atoms in total. The number of likely N-dealkylation sites (tertiary alicyclic amines) is 1. The molecule has 43 heavy (non-hydrogen) atoms. The summed E-state index contributed by atoms with van der Waals surface area (Å²) in [5.74, 6) is 0.308. The molecule has 0 saturated carbocycles. The Morgan fingerprint density at radius 1 is 1.12 bits per heavy atom. The maximum absolute atomic E-state index is 14.4. The Kier molecular flexibility index (Phi) is 8.23. The first-order valence-electron chi connectivity index (χ1n) is 14.7. The van der Waals surface area contributed by atoms with E-state index in [0.29, 0.717) is 48.9 Å². The highest BCUT2D eigenvalue weighted by molar-refractivity contribution is 6.37. The standard InChI is InChI=1S/C31H34ClN7O4/c1-36-14-4-8-22(36)19-43-30-34-27-23(28(35-30)37-16-17-38(31(41)42)21(18-37)12-13-33)9-5-15-39(29(27)40)25-11-3-7-20-6-2-10-24(32)26(20)25/h2-3,6-7,10-11,21-22H,4-5,8-9,12,14-19H2,1H3,(H,41,42). The number of amides is 2. The zero-order chi connectivity index (χ0) is 30.1. The van der Waals surface area contributed by atoms with Gasteiger partial charge in [0.15, 0.2) is 0 Å². The van der Waals surface area contributed by atoms with Gasteiger partial charge in [-0.05, 0) is 56.8 Å². The van der Waals surface area contributed by atoms with E-state index in [1.54, 1.807) is 4.90 Å². The van der Waals surface area contributed by atoms with Crippen molar-refractivity contribution in [2.45, 2.75) is 44.2 Å².